The first-order valence-electron chi connectivity index (χ1n) is 6.09. The molecule has 0 saturated heterocycles. The Labute approximate surface area is 113 Å². The van der Waals surface area contributed by atoms with Crippen LogP contribution in [0.4, 0.5) is 0 Å². The van der Waals surface area contributed by atoms with Crippen molar-refractivity contribution in [3.05, 3.63) is 29.3 Å². The Morgan fingerprint density at radius 3 is 2.84 bits per heavy atom. The molecule has 1 unspecified atom stereocenters. The molecule has 0 aliphatic heterocycles. The summed E-state index contributed by atoms with van der Waals surface area (Å²) in [6, 6.07) is 6.99. The fourth-order valence-corrected chi connectivity index (χ4v) is 1.56. The first-order valence-corrected chi connectivity index (χ1v) is 6.09. The molecular formula is C14H18N2O3. The average molecular weight is 262 g/mol. The zero-order chi connectivity index (χ0) is 14.3. The monoisotopic (exact) mass is 262 g/mol. The van der Waals surface area contributed by atoms with Crippen LogP contribution in [0.25, 0.3) is 0 Å². The molecule has 5 heteroatoms. The molecule has 19 heavy (non-hydrogen) atoms. The van der Waals surface area contributed by atoms with Crippen LogP contribution < -0.4 is 10.1 Å². The van der Waals surface area contributed by atoms with E-state index in [0.29, 0.717) is 24.5 Å². The minimum atomic E-state index is -0.374. The summed E-state index contributed by atoms with van der Waals surface area (Å²) in [5.41, 5.74) is 1.43. The van der Waals surface area contributed by atoms with Crippen molar-refractivity contribution >= 4 is 5.97 Å². The Morgan fingerprint density at radius 1 is 1.53 bits per heavy atom. The molecule has 0 bridgehead atoms. The van der Waals surface area contributed by atoms with Gasteiger partial charge >= 0.3 is 5.97 Å². The van der Waals surface area contributed by atoms with Crippen LogP contribution >= 0.6 is 0 Å². The normalized spacial score (nSPS) is 11.5. The molecule has 1 aromatic rings. The number of rotatable bonds is 6. The standard InChI is InChI=1S/C14H18N2O3/c1-4-19-14(17)10(2)16-9-11-5-6-12(8-15)13(7-11)18-3/h5-7,10,16H,4,9H2,1-3H3. The van der Waals surface area contributed by atoms with E-state index in [1.807, 2.05) is 6.07 Å². The van der Waals surface area contributed by atoms with Crippen LogP contribution in [-0.4, -0.2) is 25.7 Å². The molecule has 102 valence electrons. The molecule has 0 radical (unpaired) electrons. The molecule has 0 spiro atoms. The molecular weight excluding hydrogens is 244 g/mol. The first kappa shape index (κ1) is 15.0. The van der Waals surface area contributed by atoms with Gasteiger partial charge in [0.25, 0.3) is 0 Å². The second kappa shape index (κ2) is 7.39. The van der Waals surface area contributed by atoms with E-state index in [4.69, 9.17) is 14.7 Å². The summed E-state index contributed by atoms with van der Waals surface area (Å²) in [6.45, 7) is 4.40. The number of hydrogen-bond donors (Lipinski definition) is 1. The third kappa shape index (κ3) is 4.27. The highest BCUT2D eigenvalue weighted by Crippen LogP contribution is 2.19. The number of benzene rings is 1. The van der Waals surface area contributed by atoms with E-state index >= 15 is 0 Å². The summed E-state index contributed by atoms with van der Waals surface area (Å²) in [5, 5.41) is 11.9. The van der Waals surface area contributed by atoms with Crippen LogP contribution in [0.3, 0.4) is 0 Å². The third-order valence-corrected chi connectivity index (χ3v) is 2.64. The third-order valence-electron chi connectivity index (χ3n) is 2.64. The van der Waals surface area contributed by atoms with E-state index < -0.39 is 0 Å². The quantitative estimate of drug-likeness (QED) is 0.788. The van der Waals surface area contributed by atoms with Gasteiger partial charge in [0, 0.05) is 6.54 Å². The number of nitrogens with zero attached hydrogens (tertiary/aromatic N) is 1. The van der Waals surface area contributed by atoms with Crippen molar-refractivity contribution in [2.75, 3.05) is 13.7 Å². The summed E-state index contributed by atoms with van der Waals surface area (Å²) in [6.07, 6.45) is 0. The molecule has 0 fully saturated rings. The smallest absolute Gasteiger partial charge is 0.322 e. The highest BCUT2D eigenvalue weighted by Gasteiger charge is 2.13. The van der Waals surface area contributed by atoms with Crippen LogP contribution in [-0.2, 0) is 16.1 Å². The number of nitrogens with one attached hydrogen (secondary N) is 1. The summed E-state index contributed by atoms with van der Waals surface area (Å²) in [7, 11) is 1.52. The first-order chi connectivity index (χ1) is 9.12. The Morgan fingerprint density at radius 2 is 2.26 bits per heavy atom. The van der Waals surface area contributed by atoms with E-state index in [1.165, 1.54) is 7.11 Å². The van der Waals surface area contributed by atoms with Crippen molar-refractivity contribution < 1.29 is 14.3 Å². The summed E-state index contributed by atoms with van der Waals surface area (Å²) < 4.78 is 10.0. The lowest BCUT2D eigenvalue weighted by Crippen LogP contribution is -2.34. The second-order valence-corrected chi connectivity index (χ2v) is 4.00. The van der Waals surface area contributed by atoms with Crippen molar-refractivity contribution in [1.82, 2.24) is 5.32 Å². The molecule has 1 rings (SSSR count). The Kier molecular flexibility index (Phi) is 5.83. The maximum Gasteiger partial charge on any atom is 0.322 e. The molecule has 0 aliphatic carbocycles. The highest BCUT2D eigenvalue weighted by molar-refractivity contribution is 5.75. The van der Waals surface area contributed by atoms with Crippen molar-refractivity contribution in [3.8, 4) is 11.8 Å². The van der Waals surface area contributed by atoms with E-state index in [-0.39, 0.29) is 12.0 Å². The molecule has 0 heterocycles. The number of nitriles is 1. The fourth-order valence-electron chi connectivity index (χ4n) is 1.56. The van der Waals surface area contributed by atoms with Crippen LogP contribution in [0.5, 0.6) is 5.75 Å². The molecule has 1 aromatic carbocycles. The van der Waals surface area contributed by atoms with Crippen molar-refractivity contribution in [3.63, 3.8) is 0 Å². The molecule has 0 saturated carbocycles. The maximum absolute atomic E-state index is 11.4. The number of carbonyl (C=O) groups is 1. The minimum Gasteiger partial charge on any atom is -0.495 e. The predicted molar refractivity (Wildman–Crippen MR) is 70.6 cm³/mol. The van der Waals surface area contributed by atoms with Gasteiger partial charge in [0.15, 0.2) is 0 Å². The van der Waals surface area contributed by atoms with Crippen molar-refractivity contribution in [2.45, 2.75) is 26.4 Å². The highest BCUT2D eigenvalue weighted by atomic mass is 16.5. The van der Waals surface area contributed by atoms with Gasteiger partial charge in [-0.25, -0.2) is 0 Å². The van der Waals surface area contributed by atoms with E-state index in [0.717, 1.165) is 5.56 Å². The molecule has 0 amide bonds. The minimum absolute atomic E-state index is 0.275. The lowest BCUT2D eigenvalue weighted by Gasteiger charge is -2.13. The maximum atomic E-state index is 11.4. The predicted octanol–water partition coefficient (Wildman–Crippen LogP) is 1.61. The molecule has 0 aliphatic rings. The molecule has 5 nitrogen and oxygen atoms in total. The van der Waals surface area contributed by atoms with E-state index in [1.54, 1.807) is 26.0 Å². The summed E-state index contributed by atoms with van der Waals surface area (Å²) in [5.74, 6) is 0.258. The molecule has 1 N–H and O–H groups in total. The molecule has 0 aromatic heterocycles. The molecule has 1 atom stereocenters. The summed E-state index contributed by atoms with van der Waals surface area (Å²) >= 11 is 0. The van der Waals surface area contributed by atoms with Gasteiger partial charge in [-0.15, -0.1) is 0 Å². The van der Waals surface area contributed by atoms with Crippen molar-refractivity contribution in [2.24, 2.45) is 0 Å². The largest absolute Gasteiger partial charge is 0.495 e. The number of hydrogen-bond acceptors (Lipinski definition) is 5. The summed E-state index contributed by atoms with van der Waals surface area (Å²) in [4.78, 5) is 11.4. The van der Waals surface area contributed by atoms with Gasteiger partial charge in [-0.2, -0.15) is 5.26 Å². The SMILES string of the molecule is CCOC(=O)C(C)NCc1ccc(C#N)c(OC)c1. The zero-order valence-corrected chi connectivity index (χ0v) is 11.4. The zero-order valence-electron chi connectivity index (χ0n) is 11.4. The van der Waals surface area contributed by atoms with Gasteiger partial charge in [-0.05, 0) is 31.5 Å². The van der Waals surface area contributed by atoms with Gasteiger partial charge in [0.1, 0.15) is 17.9 Å². The average Bonchev–Trinajstić information content (AvgIpc) is 2.44. The van der Waals surface area contributed by atoms with Gasteiger partial charge in [-0.1, -0.05) is 6.07 Å². The van der Waals surface area contributed by atoms with Crippen LogP contribution in [0, 0.1) is 11.3 Å². The fraction of sp³-hybridized carbons (Fsp3) is 0.429. The lowest BCUT2D eigenvalue weighted by molar-refractivity contribution is -0.145. The van der Waals surface area contributed by atoms with Crippen molar-refractivity contribution in [1.29, 1.82) is 5.26 Å². The van der Waals surface area contributed by atoms with Crippen LogP contribution in [0.2, 0.25) is 0 Å². The topological polar surface area (TPSA) is 71.3 Å². The van der Waals surface area contributed by atoms with Crippen LogP contribution in [0.15, 0.2) is 18.2 Å². The number of carbonyl (C=O) groups excluding carboxylic acids is 1. The Hall–Kier alpha value is -2.06. The van der Waals surface area contributed by atoms with Gasteiger partial charge < -0.3 is 14.8 Å². The van der Waals surface area contributed by atoms with Gasteiger partial charge in [0.2, 0.25) is 0 Å². The lowest BCUT2D eigenvalue weighted by atomic mass is 10.1. The number of esters is 1. The van der Waals surface area contributed by atoms with Gasteiger partial charge in [0.05, 0.1) is 19.3 Å². The second-order valence-electron chi connectivity index (χ2n) is 4.00. The van der Waals surface area contributed by atoms with Crippen LogP contribution in [0.1, 0.15) is 25.0 Å². The van der Waals surface area contributed by atoms with E-state index in [9.17, 15) is 4.79 Å². The Balaban J connectivity index is 2.63. The van der Waals surface area contributed by atoms with E-state index in [2.05, 4.69) is 11.4 Å². The number of methoxy groups -OCH3 is 1. The Bertz CT molecular complexity index is 480. The van der Waals surface area contributed by atoms with Gasteiger partial charge in [-0.3, -0.25) is 4.79 Å². The number of ether oxygens (including phenoxy) is 2.